The van der Waals surface area contributed by atoms with Crippen LogP contribution in [0.15, 0.2) is 73.1 Å². The highest BCUT2D eigenvalue weighted by Gasteiger charge is 2.30. The van der Waals surface area contributed by atoms with Crippen LogP contribution in [0.4, 0.5) is 19.0 Å². The molecule has 3 fully saturated rings. The second kappa shape index (κ2) is 18.0. The molecule has 7 heterocycles. The van der Waals surface area contributed by atoms with Crippen molar-refractivity contribution < 1.29 is 22.6 Å². The summed E-state index contributed by atoms with van der Waals surface area (Å²) in [5.41, 5.74) is 7.47. The van der Waals surface area contributed by atoms with Crippen LogP contribution in [0.25, 0.3) is 44.3 Å². The molecule has 2 N–H and O–H groups in total. The van der Waals surface area contributed by atoms with Crippen molar-refractivity contribution in [1.29, 1.82) is 10.5 Å². The number of benzene rings is 2. The molecule has 3 saturated heterocycles. The van der Waals surface area contributed by atoms with Gasteiger partial charge in [-0.15, -0.1) is 0 Å². The molecule has 310 valence electrons. The lowest BCUT2D eigenvalue weighted by Gasteiger charge is -2.32. The Kier molecular flexibility index (Phi) is 12.2. The molecule has 16 heteroatoms. The number of hydrogen-bond donors (Lipinski definition) is 2. The first-order valence-corrected chi connectivity index (χ1v) is 20.4. The second-order valence-electron chi connectivity index (χ2n) is 15.7. The van der Waals surface area contributed by atoms with Crippen molar-refractivity contribution in [3.05, 3.63) is 84.2 Å². The number of halogens is 3. The number of alkyl halides is 3. The number of ether oxygens (including phenoxy) is 2. The van der Waals surface area contributed by atoms with Crippen molar-refractivity contribution in [2.24, 2.45) is 11.8 Å². The van der Waals surface area contributed by atoms with E-state index in [0.717, 1.165) is 91.7 Å². The number of nitrogens with one attached hydrogen (secondary N) is 2. The zero-order valence-corrected chi connectivity index (χ0v) is 33.3. The molecule has 2 aromatic carbocycles. The number of morpholine rings is 1. The average molecular weight is 818 g/mol. The van der Waals surface area contributed by atoms with Gasteiger partial charge in [-0.3, -0.25) is 9.36 Å². The van der Waals surface area contributed by atoms with Gasteiger partial charge in [0.15, 0.2) is 6.61 Å². The summed E-state index contributed by atoms with van der Waals surface area (Å²) in [7, 11) is 0. The SMILES string of the molecule is CC1CCN(c2nc3cnn(C[C@@H]4CNCCO4)c3cc2-c2ccc(C#N)cc2)CC1.N#Cc1ccc(-c2cc3c(cnn3C[C@H]3CCNC3)nc2OCC(F)(F)F)cc1. The van der Waals surface area contributed by atoms with Crippen molar-refractivity contribution in [3.8, 4) is 40.3 Å². The maximum Gasteiger partial charge on any atom is 0.422 e. The molecule has 0 spiro atoms. The molecule has 4 aromatic heterocycles. The van der Waals surface area contributed by atoms with E-state index in [1.165, 1.54) is 12.8 Å². The number of hydrogen-bond acceptors (Lipinski definition) is 11. The van der Waals surface area contributed by atoms with E-state index in [-0.39, 0.29) is 12.0 Å². The Hall–Kier alpha value is -6.07. The van der Waals surface area contributed by atoms with E-state index in [1.54, 1.807) is 36.5 Å². The first-order chi connectivity index (χ1) is 29.1. The fraction of sp³-hybridized carbons (Fsp3) is 0.409. The number of nitrogens with zero attached hydrogens (tertiary/aromatic N) is 9. The molecule has 0 radical (unpaired) electrons. The number of nitriles is 2. The van der Waals surface area contributed by atoms with E-state index >= 15 is 0 Å². The number of piperidine rings is 1. The minimum Gasteiger partial charge on any atom is -0.468 e. The molecule has 6 aromatic rings. The van der Waals surface area contributed by atoms with Gasteiger partial charge in [-0.05, 0) is 91.7 Å². The monoisotopic (exact) mass is 817 g/mol. The number of fused-ring (bicyclic) bond motifs is 2. The first-order valence-electron chi connectivity index (χ1n) is 20.4. The third kappa shape index (κ3) is 9.52. The Morgan fingerprint density at radius 2 is 1.38 bits per heavy atom. The summed E-state index contributed by atoms with van der Waals surface area (Å²) in [4.78, 5) is 11.8. The van der Waals surface area contributed by atoms with Gasteiger partial charge in [-0.1, -0.05) is 31.2 Å². The van der Waals surface area contributed by atoms with E-state index in [2.05, 4.69) is 49.8 Å². The van der Waals surface area contributed by atoms with Gasteiger partial charge in [0.1, 0.15) is 16.9 Å². The van der Waals surface area contributed by atoms with E-state index < -0.39 is 12.8 Å². The minimum absolute atomic E-state index is 0.110. The first kappa shape index (κ1) is 40.7. The smallest absolute Gasteiger partial charge is 0.422 e. The van der Waals surface area contributed by atoms with Gasteiger partial charge in [0.25, 0.3) is 0 Å². The van der Waals surface area contributed by atoms with Gasteiger partial charge in [0.05, 0.1) is 65.9 Å². The zero-order chi connectivity index (χ0) is 41.6. The fourth-order valence-electron chi connectivity index (χ4n) is 7.91. The zero-order valence-electron chi connectivity index (χ0n) is 33.3. The lowest BCUT2D eigenvalue weighted by Crippen LogP contribution is -2.40. The summed E-state index contributed by atoms with van der Waals surface area (Å²) in [5, 5.41) is 33.9. The number of pyridine rings is 2. The molecule has 0 aliphatic carbocycles. The Bertz CT molecular complexity index is 2480. The normalized spacial score (nSPS) is 18.5. The predicted molar refractivity (Wildman–Crippen MR) is 221 cm³/mol. The molecule has 0 unspecified atom stereocenters. The van der Waals surface area contributed by atoms with Crippen molar-refractivity contribution in [3.63, 3.8) is 0 Å². The quantitative estimate of drug-likeness (QED) is 0.160. The second-order valence-corrected chi connectivity index (χ2v) is 15.7. The number of rotatable bonds is 9. The van der Waals surface area contributed by atoms with Crippen LogP contribution >= 0.6 is 0 Å². The van der Waals surface area contributed by atoms with Crippen LogP contribution in [-0.4, -0.2) is 94.3 Å². The van der Waals surface area contributed by atoms with Crippen molar-refractivity contribution in [1.82, 2.24) is 40.2 Å². The molecule has 3 aliphatic heterocycles. The van der Waals surface area contributed by atoms with Gasteiger partial charge >= 0.3 is 6.18 Å². The van der Waals surface area contributed by atoms with E-state index in [4.69, 9.17) is 19.7 Å². The molecule has 9 rings (SSSR count). The molecule has 0 amide bonds. The Balaban J connectivity index is 0.000000167. The third-order valence-corrected chi connectivity index (χ3v) is 11.3. The molecule has 60 heavy (non-hydrogen) atoms. The lowest BCUT2D eigenvalue weighted by atomic mass is 9.97. The van der Waals surface area contributed by atoms with Gasteiger partial charge in [-0.25, -0.2) is 9.97 Å². The summed E-state index contributed by atoms with van der Waals surface area (Å²) in [6, 6.07) is 22.5. The van der Waals surface area contributed by atoms with Crippen molar-refractivity contribution >= 4 is 27.9 Å². The fourth-order valence-corrected chi connectivity index (χ4v) is 7.91. The van der Waals surface area contributed by atoms with Crippen LogP contribution < -0.4 is 20.3 Å². The molecule has 3 aliphatic rings. The molecule has 0 bridgehead atoms. The highest BCUT2D eigenvalue weighted by Crippen LogP contribution is 2.36. The van der Waals surface area contributed by atoms with Crippen molar-refractivity contribution in [2.75, 3.05) is 57.4 Å². The molecular formula is C44H46F3N11O2. The van der Waals surface area contributed by atoms with Gasteiger partial charge in [-0.2, -0.15) is 33.9 Å². The standard InChI is InChI=1S/C24H28N6O.C20H18F3N5O/c1-17-6-9-29(10-7-17)24-21(19-4-2-18(13-25)3-5-19)12-23-22(28-24)15-27-30(23)16-20-14-26-8-11-31-20;21-20(22,23)12-29-19-16(15-3-1-13(8-24)2-4-15)7-18-17(27-19)10-26-28(18)11-14-5-6-25-9-14/h2-5,12,15,17,20,26H,6-11,14,16H2,1H3;1-4,7,10,14,25H,5-6,9,11-12H2/t20-;14-/m00/s1. The summed E-state index contributed by atoms with van der Waals surface area (Å²) in [6.07, 6.45) is 2.45. The third-order valence-electron chi connectivity index (χ3n) is 11.3. The van der Waals surface area contributed by atoms with Crippen molar-refractivity contribution in [2.45, 2.75) is 51.6 Å². The summed E-state index contributed by atoms with van der Waals surface area (Å²) < 4.78 is 52.9. The molecular weight excluding hydrogens is 772 g/mol. The van der Waals surface area contributed by atoms with Crippen LogP contribution in [0.1, 0.15) is 37.3 Å². The van der Waals surface area contributed by atoms with E-state index in [0.29, 0.717) is 46.8 Å². The topological polar surface area (TPSA) is 155 Å². The maximum absolute atomic E-state index is 12.7. The minimum atomic E-state index is -4.47. The summed E-state index contributed by atoms with van der Waals surface area (Å²) >= 11 is 0. The highest BCUT2D eigenvalue weighted by molar-refractivity contribution is 5.88. The molecule has 13 nitrogen and oxygen atoms in total. The van der Waals surface area contributed by atoms with Crippen LogP contribution in [0, 0.1) is 34.5 Å². The molecule has 0 saturated carbocycles. The van der Waals surface area contributed by atoms with Crippen LogP contribution in [0.3, 0.4) is 0 Å². The summed E-state index contributed by atoms with van der Waals surface area (Å²) in [5.74, 6) is 2.10. The Morgan fingerprint density at radius 3 is 1.97 bits per heavy atom. The number of aromatic nitrogens is 6. The van der Waals surface area contributed by atoms with Crippen LogP contribution in [-0.2, 0) is 17.8 Å². The van der Waals surface area contributed by atoms with E-state index in [1.807, 2.05) is 45.9 Å². The lowest BCUT2D eigenvalue weighted by molar-refractivity contribution is -0.153. The number of anilines is 1. The highest BCUT2D eigenvalue weighted by atomic mass is 19.4. The largest absolute Gasteiger partial charge is 0.468 e. The Labute approximate surface area is 345 Å². The Morgan fingerprint density at radius 1 is 0.783 bits per heavy atom. The van der Waals surface area contributed by atoms with Gasteiger partial charge in [0, 0.05) is 43.9 Å². The van der Waals surface area contributed by atoms with Gasteiger partial charge in [0.2, 0.25) is 5.88 Å². The average Bonchev–Trinajstić information content (AvgIpc) is 4.04. The molecule has 2 atom stereocenters. The van der Waals surface area contributed by atoms with Crippen LogP contribution in [0.5, 0.6) is 5.88 Å². The van der Waals surface area contributed by atoms with E-state index in [9.17, 15) is 18.4 Å². The maximum atomic E-state index is 12.7. The van der Waals surface area contributed by atoms with Crippen LogP contribution in [0.2, 0.25) is 0 Å². The van der Waals surface area contributed by atoms with Gasteiger partial charge < -0.3 is 25.0 Å². The summed E-state index contributed by atoms with van der Waals surface area (Å²) in [6.45, 7) is 8.66. The predicted octanol–water partition coefficient (Wildman–Crippen LogP) is 6.72.